The molecular formula is C18H28N2O3. The molecule has 1 aromatic heterocycles. The fraction of sp³-hybridized carbons (Fsp3) is 0.722. The van der Waals surface area contributed by atoms with Crippen LogP contribution in [0.1, 0.15) is 43.6 Å². The Hall–Kier alpha value is -1.33. The number of nitrogens with zero attached hydrogens (tertiary/aromatic N) is 2. The number of hydrogen-bond donors (Lipinski definition) is 0. The van der Waals surface area contributed by atoms with Gasteiger partial charge in [0.15, 0.2) is 0 Å². The molecule has 0 aliphatic carbocycles. The zero-order valence-corrected chi connectivity index (χ0v) is 14.3. The normalized spacial score (nSPS) is 26.2. The number of methoxy groups -OCH3 is 1. The topological polar surface area (TPSA) is 45.9 Å². The highest BCUT2D eigenvalue weighted by Crippen LogP contribution is 2.39. The van der Waals surface area contributed by atoms with E-state index in [0.717, 1.165) is 63.4 Å². The van der Waals surface area contributed by atoms with E-state index in [2.05, 4.69) is 15.9 Å². The summed E-state index contributed by atoms with van der Waals surface area (Å²) in [7, 11) is 1.70. The minimum Gasteiger partial charge on any atom is -0.465 e. The zero-order valence-electron chi connectivity index (χ0n) is 14.3. The molecule has 3 rings (SSSR count). The van der Waals surface area contributed by atoms with Crippen LogP contribution in [0.3, 0.4) is 0 Å². The lowest BCUT2D eigenvalue weighted by Crippen LogP contribution is -2.47. The Morgan fingerprint density at radius 2 is 2.13 bits per heavy atom. The molecule has 128 valence electrons. The maximum atomic E-state index is 12.3. The van der Waals surface area contributed by atoms with Gasteiger partial charge in [0.1, 0.15) is 11.5 Å². The fourth-order valence-electron chi connectivity index (χ4n) is 4.12. The van der Waals surface area contributed by atoms with Crippen molar-refractivity contribution in [2.45, 2.75) is 51.1 Å². The Balaban J connectivity index is 1.63. The highest BCUT2D eigenvalue weighted by molar-refractivity contribution is 5.79. The maximum Gasteiger partial charge on any atom is 0.223 e. The Labute approximate surface area is 138 Å². The predicted molar refractivity (Wildman–Crippen MR) is 88.1 cm³/mol. The molecule has 0 bridgehead atoms. The van der Waals surface area contributed by atoms with Crippen LogP contribution in [-0.4, -0.2) is 54.6 Å². The molecule has 3 heterocycles. The predicted octanol–water partition coefficient (Wildman–Crippen LogP) is 2.58. The van der Waals surface area contributed by atoms with Crippen LogP contribution in [0.15, 0.2) is 16.5 Å². The van der Waals surface area contributed by atoms with Gasteiger partial charge in [-0.25, -0.2) is 0 Å². The van der Waals surface area contributed by atoms with Crippen molar-refractivity contribution in [3.05, 3.63) is 23.7 Å². The molecule has 1 spiro atoms. The summed E-state index contributed by atoms with van der Waals surface area (Å²) in [5.74, 6) is 2.31. The summed E-state index contributed by atoms with van der Waals surface area (Å²) in [6.45, 7) is 6.31. The van der Waals surface area contributed by atoms with Crippen LogP contribution in [0.2, 0.25) is 0 Å². The van der Waals surface area contributed by atoms with Crippen LogP contribution in [-0.2, 0) is 16.1 Å². The molecule has 0 aromatic carbocycles. The SMILES string of the molecule is COCCN1C(=O)CC[C@]12CCCN(Cc1ccc(C)o1)CC2. The van der Waals surface area contributed by atoms with E-state index in [1.54, 1.807) is 7.11 Å². The summed E-state index contributed by atoms with van der Waals surface area (Å²) in [5, 5.41) is 0. The number of carbonyl (C=O) groups excluding carboxylic acids is 1. The van der Waals surface area contributed by atoms with E-state index in [1.807, 2.05) is 13.0 Å². The molecule has 1 atom stereocenters. The minimum absolute atomic E-state index is 0.0590. The van der Waals surface area contributed by atoms with E-state index in [-0.39, 0.29) is 5.54 Å². The van der Waals surface area contributed by atoms with Crippen LogP contribution < -0.4 is 0 Å². The number of hydrogen-bond acceptors (Lipinski definition) is 4. The van der Waals surface area contributed by atoms with Crippen molar-refractivity contribution in [1.29, 1.82) is 0 Å². The smallest absolute Gasteiger partial charge is 0.223 e. The zero-order chi connectivity index (χ0) is 16.3. The van der Waals surface area contributed by atoms with Crippen molar-refractivity contribution < 1.29 is 13.9 Å². The van der Waals surface area contributed by atoms with Crippen LogP contribution >= 0.6 is 0 Å². The third kappa shape index (κ3) is 3.61. The molecule has 0 radical (unpaired) electrons. The van der Waals surface area contributed by atoms with Crippen LogP contribution in [0.5, 0.6) is 0 Å². The number of furan rings is 1. The number of amides is 1. The molecular weight excluding hydrogens is 292 g/mol. The lowest BCUT2D eigenvalue weighted by molar-refractivity contribution is -0.132. The molecule has 0 saturated carbocycles. The van der Waals surface area contributed by atoms with E-state index in [4.69, 9.17) is 9.15 Å². The van der Waals surface area contributed by atoms with E-state index in [9.17, 15) is 4.79 Å². The molecule has 2 fully saturated rings. The molecule has 0 N–H and O–H groups in total. The summed E-state index contributed by atoms with van der Waals surface area (Å²) >= 11 is 0. The van der Waals surface area contributed by atoms with Gasteiger partial charge in [-0.1, -0.05) is 0 Å². The first-order valence-electron chi connectivity index (χ1n) is 8.70. The van der Waals surface area contributed by atoms with Gasteiger partial charge in [-0.2, -0.15) is 0 Å². The van der Waals surface area contributed by atoms with E-state index in [1.165, 1.54) is 0 Å². The van der Waals surface area contributed by atoms with Crippen molar-refractivity contribution in [2.75, 3.05) is 33.4 Å². The summed E-state index contributed by atoms with van der Waals surface area (Å²) < 4.78 is 10.9. The minimum atomic E-state index is 0.0590. The molecule has 0 unspecified atom stereocenters. The van der Waals surface area contributed by atoms with Gasteiger partial charge in [-0.3, -0.25) is 9.69 Å². The first-order valence-corrected chi connectivity index (χ1v) is 8.70. The monoisotopic (exact) mass is 320 g/mol. The molecule has 2 aliphatic heterocycles. The second-order valence-corrected chi connectivity index (χ2v) is 6.90. The van der Waals surface area contributed by atoms with Crippen LogP contribution in [0.25, 0.3) is 0 Å². The largest absolute Gasteiger partial charge is 0.465 e. The number of carbonyl (C=O) groups is 1. The van der Waals surface area contributed by atoms with Crippen molar-refractivity contribution in [2.24, 2.45) is 0 Å². The molecule has 2 saturated heterocycles. The van der Waals surface area contributed by atoms with Gasteiger partial charge >= 0.3 is 0 Å². The Kier molecular flexibility index (Phi) is 5.07. The summed E-state index contributed by atoms with van der Waals surface area (Å²) in [5.41, 5.74) is 0.0590. The lowest BCUT2D eigenvalue weighted by Gasteiger charge is -2.38. The molecule has 1 amide bonds. The van der Waals surface area contributed by atoms with Gasteiger partial charge < -0.3 is 14.1 Å². The Bertz CT molecular complexity index is 542. The number of aryl methyl sites for hydroxylation is 1. The van der Waals surface area contributed by atoms with Crippen LogP contribution in [0.4, 0.5) is 0 Å². The third-order valence-corrected chi connectivity index (χ3v) is 5.38. The average molecular weight is 320 g/mol. The molecule has 1 aromatic rings. The van der Waals surface area contributed by atoms with E-state index in [0.29, 0.717) is 18.9 Å². The number of ether oxygens (including phenoxy) is 1. The summed E-state index contributed by atoms with van der Waals surface area (Å²) in [4.78, 5) is 16.9. The first-order chi connectivity index (χ1) is 11.1. The second-order valence-electron chi connectivity index (χ2n) is 6.90. The standard InChI is InChI=1S/C18H28N2O3/c1-15-4-5-16(23-15)14-19-10-3-7-18(9-11-19)8-6-17(21)20(18)12-13-22-2/h4-5H,3,6-14H2,1-2H3/t18-/m0/s1. The average Bonchev–Trinajstić information content (AvgIpc) is 2.99. The Morgan fingerprint density at radius 3 is 2.87 bits per heavy atom. The maximum absolute atomic E-state index is 12.3. The molecule has 5 heteroatoms. The molecule has 2 aliphatic rings. The van der Waals surface area contributed by atoms with Gasteiger partial charge in [-0.05, 0) is 51.3 Å². The van der Waals surface area contributed by atoms with E-state index < -0.39 is 0 Å². The van der Waals surface area contributed by atoms with E-state index >= 15 is 0 Å². The van der Waals surface area contributed by atoms with Gasteiger partial charge in [0.25, 0.3) is 0 Å². The lowest BCUT2D eigenvalue weighted by atomic mass is 9.88. The Morgan fingerprint density at radius 1 is 1.26 bits per heavy atom. The second kappa shape index (κ2) is 7.05. The van der Waals surface area contributed by atoms with Crippen molar-refractivity contribution in [3.63, 3.8) is 0 Å². The quantitative estimate of drug-likeness (QED) is 0.836. The van der Waals surface area contributed by atoms with Crippen molar-refractivity contribution >= 4 is 5.91 Å². The highest BCUT2D eigenvalue weighted by atomic mass is 16.5. The first kappa shape index (κ1) is 16.5. The number of likely N-dealkylation sites (tertiary alicyclic amines) is 2. The highest BCUT2D eigenvalue weighted by Gasteiger charge is 2.45. The van der Waals surface area contributed by atoms with Crippen molar-refractivity contribution in [3.8, 4) is 0 Å². The number of rotatable bonds is 5. The van der Waals surface area contributed by atoms with Gasteiger partial charge in [0, 0.05) is 32.2 Å². The molecule has 5 nitrogen and oxygen atoms in total. The van der Waals surface area contributed by atoms with Crippen LogP contribution in [0, 0.1) is 6.92 Å². The summed E-state index contributed by atoms with van der Waals surface area (Å²) in [6, 6.07) is 4.09. The molecule has 23 heavy (non-hydrogen) atoms. The van der Waals surface area contributed by atoms with Gasteiger partial charge in [0.05, 0.1) is 13.2 Å². The van der Waals surface area contributed by atoms with Crippen molar-refractivity contribution in [1.82, 2.24) is 9.80 Å². The third-order valence-electron chi connectivity index (χ3n) is 5.38. The van der Waals surface area contributed by atoms with Gasteiger partial charge in [-0.15, -0.1) is 0 Å². The fourth-order valence-corrected chi connectivity index (χ4v) is 4.12. The van der Waals surface area contributed by atoms with Gasteiger partial charge in [0.2, 0.25) is 5.91 Å². The summed E-state index contributed by atoms with van der Waals surface area (Å²) in [6.07, 6.45) is 5.00.